The Bertz CT molecular complexity index is 599. The van der Waals surface area contributed by atoms with E-state index in [2.05, 4.69) is 62.3 Å². The van der Waals surface area contributed by atoms with E-state index in [9.17, 15) is 0 Å². The Balaban J connectivity index is 1.61. The Morgan fingerprint density at radius 2 is 1.10 bits per heavy atom. The van der Waals surface area contributed by atoms with Gasteiger partial charge >= 0.3 is 0 Å². The minimum absolute atomic E-state index is 0.482. The molecule has 4 aliphatic rings. The summed E-state index contributed by atoms with van der Waals surface area (Å²) >= 11 is 0. The van der Waals surface area contributed by atoms with Crippen molar-refractivity contribution >= 4 is 0 Å². The molecular weight excluding hydrogens is 360 g/mol. The zero-order valence-electron chi connectivity index (χ0n) is 22.1. The van der Waals surface area contributed by atoms with E-state index in [4.69, 9.17) is 0 Å². The van der Waals surface area contributed by atoms with E-state index >= 15 is 0 Å². The van der Waals surface area contributed by atoms with Crippen LogP contribution in [-0.2, 0) is 0 Å². The highest BCUT2D eigenvalue weighted by Crippen LogP contribution is 2.67. The van der Waals surface area contributed by atoms with Crippen molar-refractivity contribution in [3.05, 3.63) is 0 Å². The SMILES string of the molecule is CC1CC(C(C)(C)C)CC1C(C)(C)C1C2CCCCC2C2CC(C(C)(C)C)CCC21. The van der Waals surface area contributed by atoms with Crippen LogP contribution in [-0.4, -0.2) is 0 Å². The molecule has 0 spiro atoms. The van der Waals surface area contributed by atoms with E-state index in [-0.39, 0.29) is 0 Å². The molecule has 0 aliphatic heterocycles. The first kappa shape index (κ1) is 23.2. The standard InChI is InChI=1S/C30H54/c1-19-16-21(29(5,6)7)18-26(19)30(8,9)27-23-13-11-10-12-22(23)25-17-20(28(2,3)4)14-15-24(25)27/h19-27H,10-18H2,1-9H3. The second-order valence-electron chi connectivity index (χ2n) is 15.3. The summed E-state index contributed by atoms with van der Waals surface area (Å²) in [6.45, 7) is 23.1. The molecule has 30 heavy (non-hydrogen) atoms. The fourth-order valence-electron chi connectivity index (χ4n) is 9.78. The molecule has 0 aromatic rings. The van der Waals surface area contributed by atoms with Crippen molar-refractivity contribution in [3.63, 3.8) is 0 Å². The van der Waals surface area contributed by atoms with Gasteiger partial charge in [0.1, 0.15) is 0 Å². The molecule has 0 radical (unpaired) electrons. The number of hydrogen-bond donors (Lipinski definition) is 0. The summed E-state index contributed by atoms with van der Waals surface area (Å²) in [6.07, 6.45) is 13.7. The highest BCUT2D eigenvalue weighted by atomic mass is 14.6. The third kappa shape index (κ3) is 3.94. The van der Waals surface area contributed by atoms with Crippen molar-refractivity contribution in [2.75, 3.05) is 0 Å². The molecular formula is C30H54. The van der Waals surface area contributed by atoms with E-state index in [0.29, 0.717) is 16.2 Å². The van der Waals surface area contributed by atoms with Crippen LogP contribution in [0.4, 0.5) is 0 Å². The average Bonchev–Trinajstić information content (AvgIpc) is 3.19. The van der Waals surface area contributed by atoms with Crippen molar-refractivity contribution < 1.29 is 0 Å². The van der Waals surface area contributed by atoms with Gasteiger partial charge < -0.3 is 0 Å². The van der Waals surface area contributed by atoms with Gasteiger partial charge in [0, 0.05) is 0 Å². The van der Waals surface area contributed by atoms with Crippen LogP contribution in [0.2, 0.25) is 0 Å². The highest BCUT2D eigenvalue weighted by molar-refractivity contribution is 5.08. The molecule has 0 aromatic carbocycles. The lowest BCUT2D eigenvalue weighted by molar-refractivity contribution is 0.00366. The third-order valence-electron chi connectivity index (χ3n) is 11.4. The molecule has 0 heterocycles. The molecule has 0 N–H and O–H groups in total. The zero-order chi connectivity index (χ0) is 22.1. The van der Waals surface area contributed by atoms with Crippen LogP contribution in [0, 0.1) is 69.5 Å². The number of hydrogen-bond acceptors (Lipinski definition) is 0. The summed E-state index contributed by atoms with van der Waals surface area (Å²) in [5, 5.41) is 0. The normalized spacial score (nSPS) is 45.3. The summed E-state index contributed by atoms with van der Waals surface area (Å²) in [4.78, 5) is 0. The second-order valence-corrected chi connectivity index (χ2v) is 15.3. The largest absolute Gasteiger partial charge is 0.0622 e. The van der Waals surface area contributed by atoms with Crippen LogP contribution in [0.25, 0.3) is 0 Å². The fourth-order valence-corrected chi connectivity index (χ4v) is 9.78. The molecule has 4 aliphatic carbocycles. The summed E-state index contributed by atoms with van der Waals surface area (Å²) in [5.74, 6) is 8.92. The summed E-state index contributed by atoms with van der Waals surface area (Å²) in [5.41, 5.74) is 1.51. The Morgan fingerprint density at radius 3 is 1.67 bits per heavy atom. The van der Waals surface area contributed by atoms with E-state index < -0.39 is 0 Å². The van der Waals surface area contributed by atoms with E-state index in [0.717, 1.165) is 53.3 Å². The lowest BCUT2D eigenvalue weighted by atomic mass is 9.57. The van der Waals surface area contributed by atoms with E-state index in [1.54, 1.807) is 19.3 Å². The fraction of sp³-hybridized carbons (Fsp3) is 1.00. The smallest absolute Gasteiger partial charge is 0.0289 e. The van der Waals surface area contributed by atoms with Gasteiger partial charge in [-0.15, -0.1) is 0 Å². The second kappa shape index (κ2) is 7.80. The van der Waals surface area contributed by atoms with Gasteiger partial charge in [-0.1, -0.05) is 75.2 Å². The first-order chi connectivity index (χ1) is 13.8. The number of fused-ring (bicyclic) bond motifs is 3. The monoisotopic (exact) mass is 414 g/mol. The predicted octanol–water partition coefficient (Wildman–Crippen LogP) is 9.24. The van der Waals surface area contributed by atoms with Crippen LogP contribution in [0.3, 0.4) is 0 Å². The summed E-state index contributed by atoms with van der Waals surface area (Å²) in [6, 6.07) is 0. The van der Waals surface area contributed by atoms with E-state index in [1.165, 1.54) is 38.5 Å². The highest BCUT2D eigenvalue weighted by Gasteiger charge is 2.59. The molecule has 0 amide bonds. The van der Waals surface area contributed by atoms with Gasteiger partial charge in [0.25, 0.3) is 0 Å². The number of rotatable bonds is 2. The molecule has 4 saturated carbocycles. The lowest BCUT2D eigenvalue weighted by Gasteiger charge is -2.48. The van der Waals surface area contributed by atoms with E-state index in [1.807, 2.05) is 0 Å². The molecule has 4 rings (SSSR count). The van der Waals surface area contributed by atoms with Crippen molar-refractivity contribution in [1.82, 2.24) is 0 Å². The molecule has 174 valence electrons. The molecule has 0 nitrogen and oxygen atoms in total. The third-order valence-corrected chi connectivity index (χ3v) is 11.4. The first-order valence-electron chi connectivity index (χ1n) is 13.8. The Labute approximate surface area is 189 Å². The predicted molar refractivity (Wildman–Crippen MR) is 131 cm³/mol. The molecule has 0 aromatic heterocycles. The lowest BCUT2D eigenvalue weighted by Crippen LogP contribution is -2.41. The van der Waals surface area contributed by atoms with Crippen molar-refractivity contribution in [2.45, 2.75) is 120 Å². The zero-order valence-corrected chi connectivity index (χ0v) is 22.1. The maximum absolute atomic E-state index is 2.74. The summed E-state index contributed by atoms with van der Waals surface area (Å²) < 4.78 is 0. The van der Waals surface area contributed by atoms with Crippen LogP contribution in [0.5, 0.6) is 0 Å². The Morgan fingerprint density at radius 1 is 0.533 bits per heavy atom. The van der Waals surface area contributed by atoms with Gasteiger partial charge in [-0.2, -0.15) is 0 Å². The van der Waals surface area contributed by atoms with Gasteiger partial charge in [-0.25, -0.2) is 0 Å². The molecule has 0 saturated heterocycles. The first-order valence-corrected chi connectivity index (χ1v) is 13.8. The minimum Gasteiger partial charge on any atom is -0.0622 e. The van der Waals surface area contributed by atoms with Gasteiger partial charge in [-0.05, 0) is 114 Å². The van der Waals surface area contributed by atoms with Crippen LogP contribution in [0.15, 0.2) is 0 Å². The Kier molecular flexibility index (Phi) is 6.02. The van der Waals surface area contributed by atoms with Crippen LogP contribution in [0.1, 0.15) is 120 Å². The topological polar surface area (TPSA) is 0 Å². The van der Waals surface area contributed by atoms with Crippen LogP contribution < -0.4 is 0 Å². The van der Waals surface area contributed by atoms with Crippen molar-refractivity contribution in [3.8, 4) is 0 Å². The minimum atomic E-state index is 0.482. The van der Waals surface area contributed by atoms with Crippen LogP contribution >= 0.6 is 0 Å². The van der Waals surface area contributed by atoms with Gasteiger partial charge in [0.15, 0.2) is 0 Å². The maximum Gasteiger partial charge on any atom is -0.0289 e. The molecule has 9 unspecified atom stereocenters. The van der Waals surface area contributed by atoms with Gasteiger partial charge in [0.05, 0.1) is 0 Å². The van der Waals surface area contributed by atoms with Crippen molar-refractivity contribution in [2.24, 2.45) is 69.5 Å². The maximum atomic E-state index is 2.74. The summed E-state index contributed by atoms with van der Waals surface area (Å²) in [7, 11) is 0. The quantitative estimate of drug-likeness (QED) is 0.422. The molecule has 0 heteroatoms. The molecule has 4 fully saturated rings. The molecule has 0 bridgehead atoms. The molecule has 9 atom stereocenters. The Hall–Kier alpha value is 0. The van der Waals surface area contributed by atoms with Gasteiger partial charge in [0.2, 0.25) is 0 Å². The average molecular weight is 415 g/mol. The van der Waals surface area contributed by atoms with Gasteiger partial charge in [-0.3, -0.25) is 0 Å². The van der Waals surface area contributed by atoms with Crippen molar-refractivity contribution in [1.29, 1.82) is 0 Å².